The second-order valence-corrected chi connectivity index (χ2v) is 8.67. The van der Waals surface area contributed by atoms with Crippen LogP contribution in [0, 0.1) is 0 Å². The number of aromatic nitrogens is 1. The first kappa shape index (κ1) is 22.4. The highest BCUT2D eigenvalue weighted by Crippen LogP contribution is 2.34. The molecular weight excluding hydrogens is 410 g/mol. The molecule has 2 heterocycles. The molecule has 9 heteroatoms. The van der Waals surface area contributed by atoms with Gasteiger partial charge in [0.25, 0.3) is 0 Å². The van der Waals surface area contributed by atoms with Crippen molar-refractivity contribution in [3.63, 3.8) is 0 Å². The molecule has 1 aromatic carbocycles. The van der Waals surface area contributed by atoms with Crippen LogP contribution in [-0.2, 0) is 24.3 Å². The van der Waals surface area contributed by atoms with Gasteiger partial charge in [-0.1, -0.05) is 17.7 Å². The van der Waals surface area contributed by atoms with Gasteiger partial charge in [-0.25, -0.2) is 9.78 Å². The van der Waals surface area contributed by atoms with Gasteiger partial charge in [-0.2, -0.15) is 0 Å². The number of benzene rings is 1. The van der Waals surface area contributed by atoms with Crippen LogP contribution in [0.5, 0.6) is 5.75 Å². The van der Waals surface area contributed by atoms with E-state index in [1.807, 2.05) is 12.1 Å². The Bertz CT molecular complexity index is 851. The quantitative estimate of drug-likeness (QED) is 0.686. The molecule has 0 spiro atoms. The zero-order valence-corrected chi connectivity index (χ0v) is 18.2. The zero-order chi connectivity index (χ0) is 21.7. The average molecular weight is 438 g/mol. The Hall–Kier alpha value is -2.29. The molecule has 1 atom stereocenters. The normalized spacial score (nSPS) is 15.4. The minimum atomic E-state index is -0.695. The highest BCUT2D eigenvalue weighted by Gasteiger charge is 2.23. The molecule has 1 aromatic heterocycles. The van der Waals surface area contributed by atoms with Crippen LogP contribution in [0.25, 0.3) is 0 Å². The number of alkyl carbamates (subject to hydrolysis) is 1. The van der Waals surface area contributed by atoms with Gasteiger partial charge in [0.2, 0.25) is 0 Å². The largest absolute Gasteiger partial charge is 0.484 e. The lowest BCUT2D eigenvalue weighted by Gasteiger charge is -2.31. The first-order valence-corrected chi connectivity index (χ1v) is 10.3. The molecule has 2 aromatic rings. The molecule has 1 amide bonds. The molecule has 0 fully saturated rings. The summed E-state index contributed by atoms with van der Waals surface area (Å²) in [5.74, 6) is 1.24. The average Bonchev–Trinajstić information content (AvgIpc) is 3.18. The number of nitrogens with one attached hydrogen (secondary N) is 1. The van der Waals surface area contributed by atoms with Crippen LogP contribution in [0.1, 0.15) is 37.7 Å². The first-order chi connectivity index (χ1) is 14.2. The SMILES string of the molecule is CC(C)(C)OC(=O)NCC(O)CN1CCc2c(ccc(OCc3cnco3)c2Cl)C1. The minimum Gasteiger partial charge on any atom is -0.484 e. The number of aliphatic hydroxyl groups is 1. The number of oxazole rings is 1. The second-order valence-electron chi connectivity index (χ2n) is 8.29. The van der Waals surface area contributed by atoms with Gasteiger partial charge in [0, 0.05) is 26.2 Å². The number of ether oxygens (including phenoxy) is 2. The number of carbonyl (C=O) groups excluding carboxylic acids is 1. The monoisotopic (exact) mass is 437 g/mol. The van der Waals surface area contributed by atoms with Gasteiger partial charge in [0.1, 0.15) is 18.0 Å². The Morgan fingerprint density at radius 2 is 2.23 bits per heavy atom. The number of rotatable bonds is 7. The maximum atomic E-state index is 11.7. The number of nitrogens with zero attached hydrogens (tertiary/aromatic N) is 2. The third-order valence-corrected chi connectivity index (χ3v) is 4.99. The van der Waals surface area contributed by atoms with Crippen LogP contribution >= 0.6 is 11.6 Å². The van der Waals surface area contributed by atoms with Crippen molar-refractivity contribution in [2.75, 3.05) is 19.6 Å². The van der Waals surface area contributed by atoms with Crippen LogP contribution in [0.4, 0.5) is 4.79 Å². The van der Waals surface area contributed by atoms with E-state index in [0.29, 0.717) is 29.6 Å². The highest BCUT2D eigenvalue weighted by molar-refractivity contribution is 6.33. The van der Waals surface area contributed by atoms with Gasteiger partial charge in [-0.15, -0.1) is 0 Å². The summed E-state index contributed by atoms with van der Waals surface area (Å²) in [6.45, 7) is 7.65. The van der Waals surface area contributed by atoms with Crippen LogP contribution < -0.4 is 10.1 Å². The minimum absolute atomic E-state index is 0.132. The first-order valence-electron chi connectivity index (χ1n) is 9.89. The summed E-state index contributed by atoms with van der Waals surface area (Å²) < 4.78 is 16.1. The fourth-order valence-electron chi connectivity index (χ4n) is 3.26. The summed E-state index contributed by atoms with van der Waals surface area (Å²) in [5.41, 5.74) is 1.59. The molecule has 0 radical (unpaired) electrons. The molecule has 164 valence electrons. The van der Waals surface area contributed by atoms with E-state index in [4.69, 9.17) is 25.5 Å². The number of amides is 1. The smallest absolute Gasteiger partial charge is 0.407 e. The third-order valence-electron chi connectivity index (χ3n) is 4.58. The van der Waals surface area contributed by atoms with E-state index in [1.165, 1.54) is 6.39 Å². The van der Waals surface area contributed by atoms with E-state index < -0.39 is 17.8 Å². The number of aliphatic hydroxyl groups excluding tert-OH is 1. The van der Waals surface area contributed by atoms with Crippen LogP contribution in [0.2, 0.25) is 5.02 Å². The van der Waals surface area contributed by atoms with Crippen molar-refractivity contribution < 1.29 is 23.8 Å². The maximum Gasteiger partial charge on any atom is 0.407 e. The van der Waals surface area contributed by atoms with Crippen molar-refractivity contribution in [3.8, 4) is 5.75 Å². The van der Waals surface area contributed by atoms with Crippen molar-refractivity contribution >= 4 is 17.7 Å². The molecule has 30 heavy (non-hydrogen) atoms. The van der Waals surface area contributed by atoms with E-state index in [2.05, 4.69) is 15.2 Å². The molecule has 1 aliphatic rings. The Kier molecular flexibility index (Phi) is 7.23. The summed E-state index contributed by atoms with van der Waals surface area (Å²) >= 11 is 6.56. The summed E-state index contributed by atoms with van der Waals surface area (Å²) in [4.78, 5) is 17.7. The van der Waals surface area contributed by atoms with Gasteiger partial charge in [-0.05, 0) is 44.4 Å². The van der Waals surface area contributed by atoms with E-state index >= 15 is 0 Å². The number of carbonyl (C=O) groups is 1. The Morgan fingerprint density at radius 1 is 1.43 bits per heavy atom. The van der Waals surface area contributed by atoms with Gasteiger partial charge in [-0.3, -0.25) is 4.90 Å². The molecular formula is C21H28ClN3O5. The van der Waals surface area contributed by atoms with E-state index in [1.54, 1.807) is 27.0 Å². The topological polar surface area (TPSA) is 97.1 Å². The molecule has 0 saturated carbocycles. The summed E-state index contributed by atoms with van der Waals surface area (Å²) in [5, 5.41) is 13.5. The van der Waals surface area contributed by atoms with E-state index in [-0.39, 0.29) is 13.2 Å². The lowest BCUT2D eigenvalue weighted by molar-refractivity contribution is 0.0464. The van der Waals surface area contributed by atoms with Gasteiger partial charge >= 0.3 is 6.09 Å². The lowest BCUT2D eigenvalue weighted by Crippen LogP contribution is -2.43. The molecule has 0 bridgehead atoms. The molecule has 3 rings (SSSR count). The molecule has 0 saturated heterocycles. The summed E-state index contributed by atoms with van der Waals surface area (Å²) in [6, 6.07) is 3.84. The predicted molar refractivity (Wildman–Crippen MR) is 112 cm³/mol. The van der Waals surface area contributed by atoms with Gasteiger partial charge in [0.05, 0.1) is 17.3 Å². The summed E-state index contributed by atoms with van der Waals surface area (Å²) in [7, 11) is 0. The second kappa shape index (κ2) is 9.68. The number of β-amino-alcohol motifs (C(OH)–C–C–N with tert-alkyl or cyclic N) is 1. The van der Waals surface area contributed by atoms with Gasteiger partial charge < -0.3 is 24.3 Å². The Labute approximate surface area is 181 Å². The maximum absolute atomic E-state index is 11.7. The fourth-order valence-corrected chi connectivity index (χ4v) is 3.59. The zero-order valence-electron chi connectivity index (χ0n) is 17.5. The number of hydrogen-bond acceptors (Lipinski definition) is 7. The predicted octanol–water partition coefficient (Wildman–Crippen LogP) is 3.15. The van der Waals surface area contributed by atoms with Crippen LogP contribution in [0.3, 0.4) is 0 Å². The lowest BCUT2D eigenvalue weighted by atomic mass is 9.99. The summed E-state index contributed by atoms with van der Waals surface area (Å²) in [6.07, 6.45) is 2.49. The third kappa shape index (κ3) is 6.35. The highest BCUT2D eigenvalue weighted by atomic mass is 35.5. The van der Waals surface area contributed by atoms with E-state index in [0.717, 1.165) is 24.1 Å². The standard InChI is InChI=1S/C21H28ClN3O5/c1-21(2,3)30-20(27)24-8-15(26)11-25-7-6-17-14(10-25)4-5-18(19(17)22)28-12-16-9-23-13-29-16/h4-5,9,13,15,26H,6-8,10-12H2,1-3H3,(H,24,27). The van der Waals surface area contributed by atoms with E-state index in [9.17, 15) is 9.90 Å². The van der Waals surface area contributed by atoms with Crippen LogP contribution in [-0.4, -0.2) is 52.4 Å². The van der Waals surface area contributed by atoms with Crippen LogP contribution in [0.15, 0.2) is 29.1 Å². The Balaban J connectivity index is 1.50. The molecule has 1 unspecified atom stereocenters. The molecule has 1 aliphatic heterocycles. The van der Waals surface area contributed by atoms with Crippen molar-refractivity contribution in [1.29, 1.82) is 0 Å². The van der Waals surface area contributed by atoms with Crippen molar-refractivity contribution in [2.45, 2.75) is 52.0 Å². The molecule has 8 nitrogen and oxygen atoms in total. The number of halogens is 1. The van der Waals surface area contributed by atoms with Crippen molar-refractivity contribution in [2.24, 2.45) is 0 Å². The Morgan fingerprint density at radius 3 is 2.93 bits per heavy atom. The van der Waals surface area contributed by atoms with Crippen molar-refractivity contribution in [3.05, 3.63) is 46.6 Å². The fraction of sp³-hybridized carbons (Fsp3) is 0.524. The number of hydrogen-bond donors (Lipinski definition) is 2. The molecule has 2 N–H and O–H groups in total. The number of fused-ring (bicyclic) bond motifs is 1. The molecule has 0 aliphatic carbocycles. The van der Waals surface area contributed by atoms with Gasteiger partial charge in [0.15, 0.2) is 12.2 Å². The van der Waals surface area contributed by atoms with Crippen molar-refractivity contribution in [1.82, 2.24) is 15.2 Å².